The summed E-state index contributed by atoms with van der Waals surface area (Å²) in [7, 11) is 0. The number of likely N-dealkylation sites (tertiary alicyclic amines) is 1. The second kappa shape index (κ2) is 12.9. The second-order valence-corrected chi connectivity index (χ2v) is 11.2. The Morgan fingerprint density at radius 2 is 1.69 bits per heavy atom. The van der Waals surface area contributed by atoms with Crippen LogP contribution in [0.5, 0.6) is 0 Å². The first-order chi connectivity index (χ1) is 18.0. The smallest absolute Gasteiger partial charge is 0.339 e. The molecule has 1 aromatic heterocycles. The molecule has 12 heteroatoms. The number of aryl methyl sites for hydroxylation is 1. The molecule has 0 spiro atoms. The van der Waals surface area contributed by atoms with Gasteiger partial charge in [-0.05, 0) is 76.0 Å². The van der Waals surface area contributed by atoms with Crippen molar-refractivity contribution in [2.75, 3.05) is 44.6 Å². The van der Waals surface area contributed by atoms with E-state index in [-0.39, 0.29) is 36.6 Å². The molecular weight excluding hydrogens is 520 g/mol. The Kier molecular flexibility index (Phi) is 10.1. The largest absolute Gasteiger partial charge is 0.354 e. The van der Waals surface area contributed by atoms with Crippen molar-refractivity contribution in [2.45, 2.75) is 58.2 Å². The van der Waals surface area contributed by atoms with Crippen LogP contribution in [0.1, 0.15) is 44.2 Å². The highest BCUT2D eigenvalue weighted by Gasteiger charge is 2.27. The van der Waals surface area contributed by atoms with E-state index >= 15 is 0 Å². The van der Waals surface area contributed by atoms with Crippen molar-refractivity contribution in [3.05, 3.63) is 52.1 Å². The number of halogens is 1. The maximum absolute atomic E-state index is 12.8. The minimum Gasteiger partial charge on any atom is -0.339 e. The number of aromatic nitrogens is 2. The van der Waals surface area contributed by atoms with Gasteiger partial charge < -0.3 is 21.3 Å². The number of rotatable bonds is 6. The van der Waals surface area contributed by atoms with Crippen molar-refractivity contribution in [1.82, 2.24) is 24.3 Å². The topological polar surface area (TPSA) is 143 Å². The second-order valence-electron chi connectivity index (χ2n) is 11.2. The Hall–Kier alpha value is -2.99. The zero-order valence-corrected chi connectivity index (χ0v) is 23.9. The molecule has 0 saturated carbocycles. The van der Waals surface area contributed by atoms with Crippen LogP contribution >= 0.6 is 12.4 Å². The van der Waals surface area contributed by atoms with Gasteiger partial charge in [-0.25, -0.2) is 9.59 Å². The molecule has 4 rings (SSSR count). The van der Waals surface area contributed by atoms with Crippen molar-refractivity contribution in [2.24, 2.45) is 11.5 Å². The fourth-order valence-corrected chi connectivity index (χ4v) is 4.88. The van der Waals surface area contributed by atoms with E-state index < -0.39 is 11.2 Å². The molecule has 0 bridgehead atoms. The summed E-state index contributed by atoms with van der Waals surface area (Å²) in [5.41, 5.74) is 14.0. The zero-order chi connectivity index (χ0) is 27.4. The summed E-state index contributed by atoms with van der Waals surface area (Å²) in [6.07, 6.45) is 3.92. The van der Waals surface area contributed by atoms with Crippen molar-refractivity contribution in [3.8, 4) is 5.69 Å². The lowest BCUT2D eigenvalue weighted by Crippen LogP contribution is -2.53. The molecule has 39 heavy (non-hydrogen) atoms. The summed E-state index contributed by atoms with van der Waals surface area (Å²) in [5, 5.41) is 2.71. The standard InChI is InChI=1S/C27H40N8O3.ClH/c1-19-16-22(5-4-20(19)18-32-9-6-21(28)7-10-32)35-11-8-23(31-26(35)38)30-25(37)34-14-12-33(13-15-34)24(36)17-27(2,3)29;/h4-5,8,11,16,21H,6-7,9-10,12-15,17-18,28-29H2,1-3H3,(H,30,31,37,38);1H. The molecule has 3 amide bonds. The number of nitrogens with two attached hydrogens (primary N) is 2. The van der Waals surface area contributed by atoms with E-state index in [2.05, 4.69) is 21.3 Å². The van der Waals surface area contributed by atoms with E-state index in [0.717, 1.165) is 43.7 Å². The van der Waals surface area contributed by atoms with E-state index in [0.29, 0.717) is 32.2 Å². The van der Waals surface area contributed by atoms with Crippen molar-refractivity contribution >= 4 is 30.2 Å². The first kappa shape index (κ1) is 30.6. The predicted molar refractivity (Wildman–Crippen MR) is 154 cm³/mol. The Labute approximate surface area is 235 Å². The van der Waals surface area contributed by atoms with Crippen molar-refractivity contribution < 1.29 is 9.59 Å². The normalized spacial score (nSPS) is 17.1. The molecule has 0 aliphatic carbocycles. The summed E-state index contributed by atoms with van der Waals surface area (Å²) in [6, 6.07) is 7.53. The molecule has 214 valence electrons. The van der Waals surface area contributed by atoms with Crippen LogP contribution in [0.4, 0.5) is 10.6 Å². The summed E-state index contributed by atoms with van der Waals surface area (Å²) in [5.74, 6) is 0.179. The Morgan fingerprint density at radius 1 is 1.05 bits per heavy atom. The molecule has 2 saturated heterocycles. The van der Waals surface area contributed by atoms with Gasteiger partial charge in [0.2, 0.25) is 5.91 Å². The minimum absolute atomic E-state index is 0. The number of carbonyl (C=O) groups is 2. The summed E-state index contributed by atoms with van der Waals surface area (Å²) < 4.78 is 1.47. The number of benzene rings is 1. The highest BCUT2D eigenvalue weighted by Crippen LogP contribution is 2.19. The van der Waals surface area contributed by atoms with Crippen LogP contribution in [0.3, 0.4) is 0 Å². The number of piperidine rings is 1. The number of amides is 3. The van der Waals surface area contributed by atoms with E-state index in [9.17, 15) is 14.4 Å². The number of hydrogen-bond acceptors (Lipinski definition) is 7. The van der Waals surface area contributed by atoms with Gasteiger partial charge in [-0.2, -0.15) is 4.98 Å². The zero-order valence-electron chi connectivity index (χ0n) is 23.1. The van der Waals surface area contributed by atoms with Gasteiger partial charge in [0.1, 0.15) is 5.82 Å². The molecule has 0 radical (unpaired) electrons. The monoisotopic (exact) mass is 560 g/mol. The Morgan fingerprint density at radius 3 is 2.28 bits per heavy atom. The molecule has 0 atom stereocenters. The third kappa shape index (κ3) is 8.25. The van der Waals surface area contributed by atoms with E-state index in [1.807, 2.05) is 32.9 Å². The maximum atomic E-state index is 12.8. The van der Waals surface area contributed by atoms with Crippen LogP contribution in [-0.4, -0.2) is 87.0 Å². The van der Waals surface area contributed by atoms with Crippen molar-refractivity contribution in [3.63, 3.8) is 0 Å². The average Bonchev–Trinajstić information content (AvgIpc) is 2.86. The molecule has 0 unspecified atom stereocenters. The van der Waals surface area contributed by atoms with Crippen LogP contribution in [0.25, 0.3) is 5.69 Å². The van der Waals surface area contributed by atoms with Crippen LogP contribution in [0, 0.1) is 6.92 Å². The Balaban J connectivity index is 0.00000420. The van der Waals surface area contributed by atoms with Gasteiger partial charge in [-0.15, -0.1) is 12.4 Å². The van der Waals surface area contributed by atoms with Gasteiger partial charge in [0.15, 0.2) is 0 Å². The van der Waals surface area contributed by atoms with Crippen LogP contribution in [-0.2, 0) is 11.3 Å². The van der Waals surface area contributed by atoms with Crippen LogP contribution in [0.2, 0.25) is 0 Å². The van der Waals surface area contributed by atoms with Gasteiger partial charge in [0.25, 0.3) is 0 Å². The lowest BCUT2D eigenvalue weighted by atomic mass is 10.0. The van der Waals surface area contributed by atoms with E-state index in [1.165, 1.54) is 10.1 Å². The van der Waals surface area contributed by atoms with Gasteiger partial charge in [-0.1, -0.05) is 6.07 Å². The van der Waals surface area contributed by atoms with E-state index in [1.54, 1.807) is 22.1 Å². The first-order valence-electron chi connectivity index (χ1n) is 13.3. The number of anilines is 1. The lowest BCUT2D eigenvalue weighted by Gasteiger charge is -2.35. The molecule has 11 nitrogen and oxygen atoms in total. The summed E-state index contributed by atoms with van der Waals surface area (Å²) >= 11 is 0. The van der Waals surface area contributed by atoms with E-state index in [4.69, 9.17) is 11.5 Å². The average molecular weight is 561 g/mol. The van der Waals surface area contributed by atoms with Crippen LogP contribution < -0.4 is 22.5 Å². The summed E-state index contributed by atoms with van der Waals surface area (Å²) in [6.45, 7) is 10.2. The third-order valence-electron chi connectivity index (χ3n) is 7.20. The van der Waals surface area contributed by atoms with Gasteiger partial charge in [-0.3, -0.25) is 19.6 Å². The summed E-state index contributed by atoms with van der Waals surface area (Å²) in [4.78, 5) is 47.7. The third-order valence-corrected chi connectivity index (χ3v) is 7.20. The quantitative estimate of drug-likeness (QED) is 0.488. The van der Waals surface area contributed by atoms with Crippen LogP contribution in [0.15, 0.2) is 35.3 Å². The number of piperazine rings is 1. The predicted octanol–water partition coefficient (Wildman–Crippen LogP) is 1.69. The molecule has 5 N–H and O–H groups in total. The van der Waals surface area contributed by atoms with Crippen molar-refractivity contribution in [1.29, 1.82) is 0 Å². The molecule has 2 aliphatic rings. The molecule has 2 aromatic rings. The molecule has 2 aliphatic heterocycles. The number of nitrogens with zero attached hydrogens (tertiary/aromatic N) is 5. The van der Waals surface area contributed by atoms with Gasteiger partial charge in [0.05, 0.1) is 5.69 Å². The fraction of sp³-hybridized carbons (Fsp3) is 0.556. The maximum Gasteiger partial charge on any atom is 0.354 e. The van der Waals surface area contributed by atoms with Gasteiger partial charge >= 0.3 is 11.7 Å². The lowest BCUT2D eigenvalue weighted by molar-refractivity contribution is -0.133. The molecule has 1 aromatic carbocycles. The minimum atomic E-state index is -0.569. The number of hydrogen-bond donors (Lipinski definition) is 3. The Bertz CT molecular complexity index is 1210. The fourth-order valence-electron chi connectivity index (χ4n) is 4.88. The number of nitrogens with one attached hydrogen (secondary N) is 1. The highest BCUT2D eigenvalue weighted by atomic mass is 35.5. The first-order valence-corrected chi connectivity index (χ1v) is 13.3. The van der Waals surface area contributed by atoms with Gasteiger partial charge in [0, 0.05) is 56.9 Å². The number of carbonyl (C=O) groups excluding carboxylic acids is 2. The molecule has 3 heterocycles. The SMILES string of the molecule is Cc1cc(-n2ccc(NC(=O)N3CCN(C(=O)CC(C)(C)N)CC3)nc2=O)ccc1CN1CCC(N)CC1.Cl. The highest BCUT2D eigenvalue weighted by molar-refractivity contribution is 5.88. The molecule has 2 fully saturated rings. The number of urea groups is 1. The molecular formula is C27H41ClN8O3.